The van der Waals surface area contributed by atoms with E-state index in [1.807, 2.05) is 18.2 Å². The second kappa shape index (κ2) is 5.79. The molecule has 1 saturated heterocycles. The van der Waals surface area contributed by atoms with Crippen molar-refractivity contribution in [3.63, 3.8) is 0 Å². The third kappa shape index (κ3) is 2.93. The Bertz CT molecular complexity index is 560. The monoisotopic (exact) mass is 287 g/mol. The smallest absolute Gasteiger partial charge is 0.286 e. The van der Waals surface area contributed by atoms with Gasteiger partial charge < -0.3 is 4.90 Å². The molecule has 1 aromatic heterocycles. The molecule has 1 fully saturated rings. The minimum absolute atomic E-state index is 0.132. The zero-order chi connectivity index (χ0) is 13.9. The summed E-state index contributed by atoms with van der Waals surface area (Å²) in [5, 5.41) is 0.858. The Morgan fingerprint density at radius 3 is 2.90 bits per heavy atom. The van der Waals surface area contributed by atoms with Crippen LogP contribution in [0.15, 0.2) is 34.4 Å². The molecule has 0 unspecified atom stereocenters. The molecule has 0 N–H and O–H groups in total. The molecule has 1 amide bonds. The van der Waals surface area contributed by atoms with Gasteiger partial charge in [-0.3, -0.25) is 9.78 Å². The SMILES string of the molecule is CC1CCN(C2=NC(=O)/C(=C/c3cccnc3)S2)CC1. The highest BCUT2D eigenvalue weighted by Crippen LogP contribution is 2.31. The van der Waals surface area contributed by atoms with Gasteiger partial charge in [0.05, 0.1) is 4.91 Å². The summed E-state index contributed by atoms with van der Waals surface area (Å²) in [4.78, 5) is 23.1. The lowest BCUT2D eigenvalue weighted by molar-refractivity contribution is -0.113. The number of carbonyl (C=O) groups is 1. The second-order valence-corrected chi connectivity index (χ2v) is 6.28. The molecule has 0 bridgehead atoms. The third-order valence-corrected chi connectivity index (χ3v) is 4.69. The van der Waals surface area contributed by atoms with Crippen molar-refractivity contribution in [2.75, 3.05) is 13.1 Å². The van der Waals surface area contributed by atoms with Gasteiger partial charge in [0.15, 0.2) is 5.17 Å². The fourth-order valence-corrected chi connectivity index (χ4v) is 3.31. The molecule has 2 aliphatic heterocycles. The van der Waals surface area contributed by atoms with Crippen LogP contribution < -0.4 is 0 Å². The molecular formula is C15H17N3OS. The fourth-order valence-electron chi connectivity index (χ4n) is 2.35. The Hall–Kier alpha value is -1.62. The molecule has 0 spiro atoms. The van der Waals surface area contributed by atoms with Crippen LogP contribution in [0.25, 0.3) is 6.08 Å². The van der Waals surface area contributed by atoms with Gasteiger partial charge in [-0.05, 0) is 48.2 Å². The van der Waals surface area contributed by atoms with E-state index in [2.05, 4.69) is 21.8 Å². The first-order chi connectivity index (χ1) is 9.72. The van der Waals surface area contributed by atoms with Crippen molar-refractivity contribution < 1.29 is 4.79 Å². The minimum Gasteiger partial charge on any atom is -0.351 e. The largest absolute Gasteiger partial charge is 0.351 e. The zero-order valence-corrected chi connectivity index (χ0v) is 12.3. The number of rotatable bonds is 1. The summed E-state index contributed by atoms with van der Waals surface area (Å²) in [5.41, 5.74) is 0.937. The minimum atomic E-state index is -0.132. The lowest BCUT2D eigenvalue weighted by Crippen LogP contribution is -2.35. The van der Waals surface area contributed by atoms with E-state index in [4.69, 9.17) is 0 Å². The molecule has 20 heavy (non-hydrogen) atoms. The van der Waals surface area contributed by atoms with Crippen LogP contribution in [0.2, 0.25) is 0 Å². The van der Waals surface area contributed by atoms with Gasteiger partial charge >= 0.3 is 0 Å². The van der Waals surface area contributed by atoms with Crippen LogP contribution in [0.3, 0.4) is 0 Å². The van der Waals surface area contributed by atoms with E-state index in [1.54, 1.807) is 12.4 Å². The molecule has 0 aromatic carbocycles. The number of amidine groups is 1. The Kier molecular flexibility index (Phi) is 3.87. The zero-order valence-electron chi connectivity index (χ0n) is 11.5. The standard InChI is InChI=1S/C15H17N3OS/c1-11-4-7-18(8-5-11)15-17-14(19)13(20-15)9-12-3-2-6-16-10-12/h2-3,6,9-11H,4-5,7-8H2,1H3/b13-9-. The maximum atomic E-state index is 12.0. The highest BCUT2D eigenvalue weighted by Gasteiger charge is 2.28. The summed E-state index contributed by atoms with van der Waals surface area (Å²) in [7, 11) is 0. The van der Waals surface area contributed by atoms with Gasteiger partial charge in [0, 0.05) is 25.5 Å². The summed E-state index contributed by atoms with van der Waals surface area (Å²) >= 11 is 1.48. The number of likely N-dealkylation sites (tertiary alicyclic amines) is 1. The first-order valence-electron chi connectivity index (χ1n) is 6.90. The predicted octanol–water partition coefficient (Wildman–Crippen LogP) is 2.78. The lowest BCUT2D eigenvalue weighted by atomic mass is 10.00. The van der Waals surface area contributed by atoms with Gasteiger partial charge in [-0.15, -0.1) is 0 Å². The van der Waals surface area contributed by atoms with E-state index in [0.717, 1.165) is 29.7 Å². The molecular weight excluding hydrogens is 270 g/mol. The van der Waals surface area contributed by atoms with Gasteiger partial charge in [-0.1, -0.05) is 13.0 Å². The van der Waals surface area contributed by atoms with Crippen LogP contribution in [0.1, 0.15) is 25.3 Å². The molecule has 0 saturated carbocycles. The van der Waals surface area contributed by atoms with Crippen LogP contribution in [0.4, 0.5) is 0 Å². The van der Waals surface area contributed by atoms with Crippen molar-refractivity contribution >= 4 is 28.9 Å². The number of thioether (sulfide) groups is 1. The number of nitrogens with zero attached hydrogens (tertiary/aromatic N) is 3. The number of aromatic nitrogens is 1. The summed E-state index contributed by atoms with van der Waals surface area (Å²) in [6.07, 6.45) is 7.69. The Labute approximate surface area is 123 Å². The van der Waals surface area contributed by atoms with E-state index in [-0.39, 0.29) is 5.91 Å². The Morgan fingerprint density at radius 2 is 2.20 bits per heavy atom. The first kappa shape index (κ1) is 13.4. The van der Waals surface area contributed by atoms with Crippen molar-refractivity contribution in [1.82, 2.24) is 9.88 Å². The second-order valence-electron chi connectivity index (χ2n) is 5.27. The van der Waals surface area contributed by atoms with Gasteiger partial charge in [-0.25, -0.2) is 0 Å². The number of pyridine rings is 1. The summed E-state index contributed by atoms with van der Waals surface area (Å²) in [6, 6.07) is 3.80. The van der Waals surface area contributed by atoms with Crippen LogP contribution in [0, 0.1) is 5.92 Å². The molecule has 104 valence electrons. The van der Waals surface area contributed by atoms with Crippen LogP contribution in [0.5, 0.6) is 0 Å². The average molecular weight is 287 g/mol. The van der Waals surface area contributed by atoms with E-state index >= 15 is 0 Å². The normalized spacial score (nSPS) is 22.4. The maximum Gasteiger partial charge on any atom is 0.286 e. The number of hydrogen-bond donors (Lipinski definition) is 0. The Balaban J connectivity index is 1.71. The topological polar surface area (TPSA) is 45.6 Å². The van der Waals surface area contributed by atoms with Crippen molar-refractivity contribution in [2.24, 2.45) is 10.9 Å². The van der Waals surface area contributed by atoms with Gasteiger partial charge in [0.25, 0.3) is 5.91 Å². The Morgan fingerprint density at radius 1 is 1.40 bits per heavy atom. The lowest BCUT2D eigenvalue weighted by Gasteiger charge is -2.30. The average Bonchev–Trinajstić information content (AvgIpc) is 2.82. The third-order valence-electron chi connectivity index (χ3n) is 3.65. The van der Waals surface area contributed by atoms with E-state index in [9.17, 15) is 4.79 Å². The highest BCUT2D eigenvalue weighted by molar-refractivity contribution is 8.18. The summed E-state index contributed by atoms with van der Waals surface area (Å²) < 4.78 is 0. The van der Waals surface area contributed by atoms with Crippen molar-refractivity contribution in [1.29, 1.82) is 0 Å². The molecule has 0 aliphatic carbocycles. The van der Waals surface area contributed by atoms with Crippen molar-refractivity contribution in [3.05, 3.63) is 35.0 Å². The number of aliphatic imine (C=N–C) groups is 1. The molecule has 5 heteroatoms. The van der Waals surface area contributed by atoms with E-state index in [0.29, 0.717) is 4.91 Å². The maximum absolute atomic E-state index is 12.0. The number of piperidine rings is 1. The summed E-state index contributed by atoms with van der Waals surface area (Å²) in [6.45, 7) is 4.28. The van der Waals surface area contributed by atoms with Gasteiger partial charge in [0.2, 0.25) is 0 Å². The highest BCUT2D eigenvalue weighted by atomic mass is 32.2. The number of hydrogen-bond acceptors (Lipinski definition) is 4. The molecule has 3 heterocycles. The number of carbonyl (C=O) groups excluding carboxylic acids is 1. The molecule has 4 nitrogen and oxygen atoms in total. The molecule has 0 atom stereocenters. The predicted molar refractivity (Wildman–Crippen MR) is 82.2 cm³/mol. The van der Waals surface area contributed by atoms with E-state index < -0.39 is 0 Å². The van der Waals surface area contributed by atoms with E-state index in [1.165, 1.54) is 24.6 Å². The first-order valence-corrected chi connectivity index (χ1v) is 7.71. The molecule has 1 aromatic rings. The van der Waals surface area contributed by atoms with Gasteiger partial charge in [0.1, 0.15) is 0 Å². The van der Waals surface area contributed by atoms with Gasteiger partial charge in [-0.2, -0.15) is 4.99 Å². The quantitative estimate of drug-likeness (QED) is 0.745. The van der Waals surface area contributed by atoms with Crippen LogP contribution in [-0.2, 0) is 4.79 Å². The molecule has 2 aliphatic rings. The summed E-state index contributed by atoms with van der Waals surface area (Å²) in [5.74, 6) is 0.645. The van der Waals surface area contributed by atoms with Crippen LogP contribution >= 0.6 is 11.8 Å². The van der Waals surface area contributed by atoms with Crippen LogP contribution in [-0.4, -0.2) is 34.0 Å². The van der Waals surface area contributed by atoms with Crippen molar-refractivity contribution in [2.45, 2.75) is 19.8 Å². The molecule has 3 rings (SSSR count). The number of amides is 1. The van der Waals surface area contributed by atoms with Crippen molar-refractivity contribution in [3.8, 4) is 0 Å². The molecule has 0 radical (unpaired) electrons. The fraction of sp³-hybridized carbons (Fsp3) is 0.400.